The molecule has 0 fully saturated rings. The molecular weight excluding hydrogens is 236 g/mol. The monoisotopic (exact) mass is 246 g/mol. The zero-order valence-electron chi connectivity index (χ0n) is 9.68. The highest BCUT2D eigenvalue weighted by Crippen LogP contribution is 2.31. The van der Waals surface area contributed by atoms with Gasteiger partial charge in [-0.2, -0.15) is 0 Å². The first kappa shape index (κ1) is 10.3. The number of hydrogen-bond donors (Lipinski definition) is 0. The van der Waals surface area contributed by atoms with Crippen LogP contribution in [-0.4, -0.2) is 20.0 Å². The molecule has 3 aromatic heterocycles. The van der Waals surface area contributed by atoms with Gasteiger partial charge in [0, 0.05) is 18.1 Å². The van der Waals surface area contributed by atoms with E-state index in [0.717, 1.165) is 21.5 Å². The third kappa shape index (κ3) is 1.37. The van der Waals surface area contributed by atoms with Crippen LogP contribution in [0.2, 0.25) is 0 Å². The van der Waals surface area contributed by atoms with Crippen LogP contribution in [0, 0.1) is 13.8 Å². The average Bonchev–Trinajstić information content (AvgIpc) is 2.62. The average molecular weight is 246 g/mol. The Kier molecular flexibility index (Phi) is 2.03. The molecule has 5 nitrogen and oxygen atoms in total. The fraction of sp³-hybridized carbons (Fsp3) is 0.273. The quantitative estimate of drug-likeness (QED) is 0.604. The molecule has 0 unspecified atom stereocenters. The molecule has 3 heterocycles. The number of pyridine rings is 1. The Morgan fingerprint density at radius 3 is 2.88 bits per heavy atom. The van der Waals surface area contributed by atoms with Gasteiger partial charge < -0.3 is 0 Å². The lowest BCUT2D eigenvalue weighted by Crippen LogP contribution is -2.19. The van der Waals surface area contributed by atoms with Crippen LogP contribution in [0.3, 0.4) is 0 Å². The Morgan fingerprint density at radius 1 is 1.35 bits per heavy atom. The number of aromatic nitrogens is 4. The lowest BCUT2D eigenvalue weighted by atomic mass is 10.1. The molecular formula is C11H10N4OS. The molecule has 0 saturated heterocycles. The van der Waals surface area contributed by atoms with Gasteiger partial charge in [-0.15, -0.1) is 16.4 Å². The summed E-state index contributed by atoms with van der Waals surface area (Å²) in [5.74, 6) is 0. The van der Waals surface area contributed by atoms with Crippen molar-refractivity contribution in [3.05, 3.63) is 27.7 Å². The van der Waals surface area contributed by atoms with Crippen LogP contribution in [0.1, 0.15) is 11.3 Å². The lowest BCUT2D eigenvalue weighted by Gasteiger charge is -1.98. The van der Waals surface area contributed by atoms with Crippen molar-refractivity contribution in [2.45, 2.75) is 13.8 Å². The summed E-state index contributed by atoms with van der Waals surface area (Å²) in [6, 6.07) is 1.99. The minimum absolute atomic E-state index is 0.116. The Bertz CT molecular complexity index is 802. The molecule has 17 heavy (non-hydrogen) atoms. The number of hydrogen-bond acceptors (Lipinski definition) is 5. The van der Waals surface area contributed by atoms with Crippen molar-refractivity contribution in [3.8, 4) is 0 Å². The van der Waals surface area contributed by atoms with E-state index in [1.54, 1.807) is 7.05 Å². The molecule has 0 N–H and O–H groups in total. The summed E-state index contributed by atoms with van der Waals surface area (Å²) in [5, 5.41) is 8.87. The normalized spacial score (nSPS) is 11.5. The highest BCUT2D eigenvalue weighted by Gasteiger charge is 2.14. The number of nitrogens with zero attached hydrogens (tertiary/aromatic N) is 4. The van der Waals surface area contributed by atoms with E-state index in [9.17, 15) is 4.79 Å². The second-order valence-electron chi connectivity index (χ2n) is 4.06. The van der Waals surface area contributed by atoms with Crippen LogP contribution >= 0.6 is 11.3 Å². The molecule has 6 heteroatoms. The minimum atomic E-state index is -0.116. The Morgan fingerprint density at radius 2 is 2.12 bits per heavy atom. The fourth-order valence-electron chi connectivity index (χ4n) is 1.96. The highest BCUT2D eigenvalue weighted by molar-refractivity contribution is 7.25. The summed E-state index contributed by atoms with van der Waals surface area (Å²) in [6.45, 7) is 3.95. The molecule has 0 saturated carbocycles. The fourth-order valence-corrected chi connectivity index (χ4v) is 3.16. The molecule has 0 atom stereocenters. The molecule has 0 aliphatic heterocycles. The van der Waals surface area contributed by atoms with Gasteiger partial charge >= 0.3 is 0 Å². The number of rotatable bonds is 0. The minimum Gasteiger partial charge on any atom is -0.266 e. The molecule has 0 spiro atoms. The summed E-state index contributed by atoms with van der Waals surface area (Å²) >= 11 is 1.38. The van der Waals surface area contributed by atoms with Gasteiger partial charge in [0.2, 0.25) is 0 Å². The first-order valence-corrected chi connectivity index (χ1v) is 6.00. The van der Waals surface area contributed by atoms with Crippen molar-refractivity contribution in [2.24, 2.45) is 7.05 Å². The molecule has 0 aliphatic rings. The van der Waals surface area contributed by atoms with E-state index in [1.807, 2.05) is 19.9 Å². The van der Waals surface area contributed by atoms with Crippen molar-refractivity contribution in [3.63, 3.8) is 0 Å². The largest absolute Gasteiger partial charge is 0.287 e. The number of aryl methyl sites for hydroxylation is 3. The molecule has 0 aromatic carbocycles. The Balaban J connectivity index is 2.64. The molecule has 0 radical (unpaired) electrons. The van der Waals surface area contributed by atoms with Crippen LogP contribution in [0.4, 0.5) is 0 Å². The Labute approximate surface area is 101 Å². The van der Waals surface area contributed by atoms with Gasteiger partial charge in [-0.05, 0) is 25.5 Å². The molecule has 86 valence electrons. The van der Waals surface area contributed by atoms with Crippen LogP contribution < -0.4 is 5.56 Å². The predicted molar refractivity (Wildman–Crippen MR) is 67.4 cm³/mol. The smallest absolute Gasteiger partial charge is 0.266 e. The van der Waals surface area contributed by atoms with Gasteiger partial charge in [-0.1, -0.05) is 5.21 Å². The van der Waals surface area contributed by atoms with Gasteiger partial charge in [0.1, 0.15) is 15.0 Å². The van der Waals surface area contributed by atoms with Crippen LogP contribution in [-0.2, 0) is 7.05 Å². The third-order valence-electron chi connectivity index (χ3n) is 2.73. The molecule has 0 bridgehead atoms. The maximum Gasteiger partial charge on any atom is 0.287 e. The second kappa shape index (κ2) is 3.33. The topological polar surface area (TPSA) is 60.7 Å². The van der Waals surface area contributed by atoms with E-state index >= 15 is 0 Å². The maximum atomic E-state index is 11.9. The van der Waals surface area contributed by atoms with E-state index in [0.29, 0.717) is 10.2 Å². The van der Waals surface area contributed by atoms with E-state index in [-0.39, 0.29) is 5.56 Å². The summed E-state index contributed by atoms with van der Waals surface area (Å²) in [5.41, 5.74) is 2.58. The summed E-state index contributed by atoms with van der Waals surface area (Å²) in [6.07, 6.45) is 0. The number of thiophene rings is 1. The van der Waals surface area contributed by atoms with Crippen molar-refractivity contribution < 1.29 is 0 Å². The summed E-state index contributed by atoms with van der Waals surface area (Å²) < 4.78 is 1.87. The zero-order chi connectivity index (χ0) is 12.2. The van der Waals surface area contributed by atoms with Crippen LogP contribution in [0.5, 0.6) is 0 Å². The van der Waals surface area contributed by atoms with E-state index < -0.39 is 0 Å². The SMILES string of the molecule is Cc1cc(C)c2c(n1)sc1c(=O)n(C)nnc12. The standard InChI is InChI=1S/C11H10N4OS/c1-5-4-6(2)12-10-7(5)8-9(17-10)11(16)15(3)14-13-8/h4H,1-3H3. The molecule has 3 rings (SSSR count). The van der Waals surface area contributed by atoms with Crippen LogP contribution in [0.25, 0.3) is 20.4 Å². The van der Waals surface area contributed by atoms with Crippen molar-refractivity contribution in [1.82, 2.24) is 20.0 Å². The first-order valence-electron chi connectivity index (χ1n) is 5.18. The zero-order valence-corrected chi connectivity index (χ0v) is 10.5. The van der Waals surface area contributed by atoms with Crippen molar-refractivity contribution in [1.29, 1.82) is 0 Å². The van der Waals surface area contributed by atoms with Crippen molar-refractivity contribution >= 4 is 31.8 Å². The third-order valence-corrected chi connectivity index (χ3v) is 3.79. The highest BCUT2D eigenvalue weighted by atomic mass is 32.1. The van der Waals surface area contributed by atoms with Gasteiger partial charge in [0.05, 0.1) is 0 Å². The maximum absolute atomic E-state index is 11.9. The molecule has 0 amide bonds. The summed E-state index contributed by atoms with van der Waals surface area (Å²) in [4.78, 5) is 17.2. The van der Waals surface area contributed by atoms with E-state index in [2.05, 4.69) is 15.3 Å². The van der Waals surface area contributed by atoms with Gasteiger partial charge in [-0.3, -0.25) is 4.79 Å². The van der Waals surface area contributed by atoms with Crippen LogP contribution in [0.15, 0.2) is 10.9 Å². The second-order valence-corrected chi connectivity index (χ2v) is 5.06. The van der Waals surface area contributed by atoms with Gasteiger partial charge in [0.25, 0.3) is 5.56 Å². The summed E-state index contributed by atoms with van der Waals surface area (Å²) in [7, 11) is 1.60. The van der Waals surface area contributed by atoms with Crippen molar-refractivity contribution in [2.75, 3.05) is 0 Å². The number of fused-ring (bicyclic) bond motifs is 3. The van der Waals surface area contributed by atoms with Gasteiger partial charge in [-0.25, -0.2) is 9.67 Å². The van der Waals surface area contributed by atoms with Gasteiger partial charge in [0.15, 0.2) is 0 Å². The first-order chi connectivity index (χ1) is 8.08. The Hall–Kier alpha value is -1.82. The predicted octanol–water partition coefficient (Wildman–Crippen LogP) is 1.56. The molecule has 0 aliphatic carbocycles. The van der Waals surface area contributed by atoms with E-state index in [1.165, 1.54) is 16.0 Å². The van der Waals surface area contributed by atoms with E-state index in [4.69, 9.17) is 0 Å². The molecule has 3 aromatic rings. The lowest BCUT2D eigenvalue weighted by molar-refractivity contribution is 0.658.